The van der Waals surface area contributed by atoms with Gasteiger partial charge in [-0.25, -0.2) is 9.97 Å². The second-order valence-electron chi connectivity index (χ2n) is 6.85. The molecule has 0 aliphatic carbocycles. The van der Waals surface area contributed by atoms with E-state index < -0.39 is 0 Å². The highest BCUT2D eigenvalue weighted by Gasteiger charge is 2.13. The number of hydrogen-bond donors (Lipinski definition) is 1. The molecule has 0 bridgehead atoms. The molecule has 0 radical (unpaired) electrons. The summed E-state index contributed by atoms with van der Waals surface area (Å²) in [4.78, 5) is 11.5. The summed E-state index contributed by atoms with van der Waals surface area (Å²) >= 11 is 1.67. The number of thiophene rings is 1. The van der Waals surface area contributed by atoms with Crippen LogP contribution in [0.4, 0.5) is 11.5 Å². The van der Waals surface area contributed by atoms with Crippen LogP contribution < -0.4 is 10.1 Å². The molecule has 30 heavy (non-hydrogen) atoms. The number of aryl methyl sites for hydroxylation is 1. The minimum Gasteiger partial charge on any atom is -0.455 e. The molecule has 5 aromatic rings. The van der Waals surface area contributed by atoms with Crippen LogP contribution in [0.1, 0.15) is 5.82 Å². The van der Waals surface area contributed by atoms with Crippen molar-refractivity contribution in [2.45, 2.75) is 6.92 Å². The second kappa shape index (κ2) is 7.97. The summed E-state index contributed by atoms with van der Waals surface area (Å²) in [6.45, 7) is 1.92. The first-order chi connectivity index (χ1) is 14.8. The molecule has 0 spiro atoms. The van der Waals surface area contributed by atoms with Crippen molar-refractivity contribution in [3.8, 4) is 21.9 Å². The Hall–Kier alpha value is -3.70. The predicted octanol–water partition coefficient (Wildman–Crippen LogP) is 7.20. The lowest BCUT2D eigenvalue weighted by Gasteiger charge is -2.13. The van der Waals surface area contributed by atoms with E-state index in [2.05, 4.69) is 33.5 Å². The topological polar surface area (TPSA) is 47.0 Å². The van der Waals surface area contributed by atoms with Gasteiger partial charge in [-0.2, -0.15) is 0 Å². The minimum absolute atomic E-state index is 0.730. The number of nitrogens with zero attached hydrogens (tertiary/aromatic N) is 2. The zero-order valence-electron chi connectivity index (χ0n) is 16.4. The molecule has 0 unspecified atom stereocenters. The smallest absolute Gasteiger partial charge is 0.150 e. The summed E-state index contributed by atoms with van der Waals surface area (Å²) in [6.07, 6.45) is 0. The summed E-state index contributed by atoms with van der Waals surface area (Å²) in [7, 11) is 0. The van der Waals surface area contributed by atoms with Crippen LogP contribution in [0.15, 0.2) is 91.0 Å². The standard InChI is InChI=1S/C25H19N3OS/c1-17-26-24(20-16-23(30-25(20)27-17)18-10-4-2-5-11-18)28-21-14-8-9-15-22(21)29-19-12-6-3-7-13-19/h2-16H,1H3,(H,26,27,28). The van der Waals surface area contributed by atoms with Crippen LogP contribution in [-0.4, -0.2) is 9.97 Å². The molecule has 0 aliphatic heterocycles. The average Bonchev–Trinajstić information content (AvgIpc) is 3.21. The highest BCUT2D eigenvalue weighted by molar-refractivity contribution is 7.21. The number of rotatable bonds is 5. The molecule has 1 N–H and O–H groups in total. The molecule has 3 aromatic carbocycles. The van der Waals surface area contributed by atoms with Gasteiger partial charge >= 0.3 is 0 Å². The van der Waals surface area contributed by atoms with Crippen LogP contribution >= 0.6 is 11.3 Å². The van der Waals surface area contributed by atoms with Gasteiger partial charge in [0.2, 0.25) is 0 Å². The Labute approximate surface area is 178 Å². The normalized spacial score (nSPS) is 10.8. The van der Waals surface area contributed by atoms with E-state index >= 15 is 0 Å². The molecule has 0 saturated carbocycles. The van der Waals surface area contributed by atoms with E-state index in [0.717, 1.165) is 39.0 Å². The van der Waals surface area contributed by atoms with E-state index in [1.165, 1.54) is 10.4 Å². The Bertz CT molecular complexity index is 1300. The summed E-state index contributed by atoms with van der Waals surface area (Å²) in [5.41, 5.74) is 2.03. The Morgan fingerprint density at radius 2 is 1.50 bits per heavy atom. The summed E-state index contributed by atoms with van der Waals surface area (Å²) in [5.74, 6) is 3.04. The van der Waals surface area contributed by atoms with E-state index in [1.54, 1.807) is 11.3 Å². The van der Waals surface area contributed by atoms with Gasteiger partial charge in [-0.3, -0.25) is 0 Å². The number of nitrogens with one attached hydrogen (secondary N) is 1. The van der Waals surface area contributed by atoms with Gasteiger partial charge in [0.25, 0.3) is 0 Å². The maximum absolute atomic E-state index is 6.10. The Morgan fingerprint density at radius 3 is 2.30 bits per heavy atom. The maximum atomic E-state index is 6.10. The highest BCUT2D eigenvalue weighted by atomic mass is 32.1. The number of anilines is 2. The molecule has 146 valence electrons. The fraction of sp³-hybridized carbons (Fsp3) is 0.0400. The lowest BCUT2D eigenvalue weighted by molar-refractivity contribution is 0.485. The number of fused-ring (bicyclic) bond motifs is 1. The van der Waals surface area contributed by atoms with E-state index in [1.807, 2.05) is 79.7 Å². The molecule has 0 saturated heterocycles. The largest absolute Gasteiger partial charge is 0.455 e. The lowest BCUT2D eigenvalue weighted by atomic mass is 10.2. The zero-order valence-corrected chi connectivity index (χ0v) is 17.2. The molecular weight excluding hydrogens is 390 g/mol. The third-order valence-electron chi connectivity index (χ3n) is 4.67. The zero-order chi connectivity index (χ0) is 20.3. The molecule has 0 fully saturated rings. The van der Waals surface area contributed by atoms with Crippen molar-refractivity contribution in [1.82, 2.24) is 9.97 Å². The molecule has 2 aromatic heterocycles. The molecule has 2 heterocycles. The third kappa shape index (κ3) is 3.75. The monoisotopic (exact) mass is 409 g/mol. The van der Waals surface area contributed by atoms with Crippen molar-refractivity contribution >= 4 is 33.1 Å². The van der Waals surface area contributed by atoms with Gasteiger partial charge in [-0.05, 0) is 42.8 Å². The molecule has 5 heteroatoms. The molecular formula is C25H19N3OS. The van der Waals surface area contributed by atoms with Crippen LogP contribution in [0, 0.1) is 6.92 Å². The third-order valence-corrected chi connectivity index (χ3v) is 5.75. The van der Waals surface area contributed by atoms with Gasteiger partial charge in [0, 0.05) is 4.88 Å². The Kier molecular flexibility index (Phi) is 4.87. The van der Waals surface area contributed by atoms with Crippen molar-refractivity contribution in [1.29, 1.82) is 0 Å². The summed E-state index contributed by atoms with van der Waals surface area (Å²) < 4.78 is 6.10. The highest BCUT2D eigenvalue weighted by Crippen LogP contribution is 2.38. The summed E-state index contributed by atoms with van der Waals surface area (Å²) in [5, 5.41) is 4.47. The Morgan fingerprint density at radius 1 is 0.800 bits per heavy atom. The van der Waals surface area contributed by atoms with Crippen LogP contribution in [0.2, 0.25) is 0 Å². The number of para-hydroxylation sites is 3. The first kappa shape index (κ1) is 18.3. The van der Waals surface area contributed by atoms with Gasteiger partial charge in [0.15, 0.2) is 5.75 Å². The van der Waals surface area contributed by atoms with Crippen molar-refractivity contribution < 1.29 is 4.74 Å². The van der Waals surface area contributed by atoms with E-state index in [9.17, 15) is 0 Å². The van der Waals surface area contributed by atoms with Crippen molar-refractivity contribution in [3.05, 3.63) is 96.8 Å². The van der Waals surface area contributed by atoms with Gasteiger partial charge in [-0.15, -0.1) is 11.3 Å². The van der Waals surface area contributed by atoms with Crippen LogP contribution in [0.3, 0.4) is 0 Å². The number of ether oxygens (including phenoxy) is 1. The molecule has 0 amide bonds. The van der Waals surface area contributed by atoms with E-state index in [0.29, 0.717) is 0 Å². The lowest BCUT2D eigenvalue weighted by Crippen LogP contribution is -1.99. The van der Waals surface area contributed by atoms with Gasteiger partial charge < -0.3 is 10.1 Å². The SMILES string of the molecule is Cc1nc(Nc2ccccc2Oc2ccccc2)c2cc(-c3ccccc3)sc2n1. The second-order valence-corrected chi connectivity index (χ2v) is 7.88. The molecule has 4 nitrogen and oxygen atoms in total. The quantitative estimate of drug-likeness (QED) is 0.333. The van der Waals surface area contributed by atoms with E-state index in [4.69, 9.17) is 4.74 Å². The van der Waals surface area contributed by atoms with Crippen LogP contribution in [0.25, 0.3) is 20.7 Å². The maximum Gasteiger partial charge on any atom is 0.150 e. The molecule has 0 aliphatic rings. The fourth-order valence-electron chi connectivity index (χ4n) is 3.27. The molecule has 0 atom stereocenters. The van der Waals surface area contributed by atoms with Crippen molar-refractivity contribution in [3.63, 3.8) is 0 Å². The van der Waals surface area contributed by atoms with E-state index in [-0.39, 0.29) is 0 Å². The van der Waals surface area contributed by atoms with Gasteiger partial charge in [-0.1, -0.05) is 60.7 Å². The fourth-order valence-corrected chi connectivity index (χ4v) is 4.35. The average molecular weight is 410 g/mol. The van der Waals surface area contributed by atoms with Gasteiger partial charge in [0.05, 0.1) is 11.1 Å². The first-order valence-corrected chi connectivity index (χ1v) is 10.5. The number of hydrogen-bond acceptors (Lipinski definition) is 5. The van der Waals surface area contributed by atoms with Gasteiger partial charge in [0.1, 0.15) is 22.2 Å². The number of benzene rings is 3. The first-order valence-electron chi connectivity index (χ1n) is 9.69. The summed E-state index contributed by atoms with van der Waals surface area (Å²) in [6, 6.07) is 30.1. The Balaban J connectivity index is 1.54. The van der Waals surface area contributed by atoms with Crippen molar-refractivity contribution in [2.24, 2.45) is 0 Å². The van der Waals surface area contributed by atoms with Crippen molar-refractivity contribution in [2.75, 3.05) is 5.32 Å². The number of aromatic nitrogens is 2. The van der Waals surface area contributed by atoms with Crippen LogP contribution in [-0.2, 0) is 0 Å². The predicted molar refractivity (Wildman–Crippen MR) is 124 cm³/mol. The minimum atomic E-state index is 0.730. The van der Waals surface area contributed by atoms with Crippen LogP contribution in [0.5, 0.6) is 11.5 Å². The molecule has 5 rings (SSSR count).